The first kappa shape index (κ1) is 15.0. The second-order valence-electron chi connectivity index (χ2n) is 5.56. The highest BCUT2D eigenvalue weighted by molar-refractivity contribution is 9.10. The van der Waals surface area contributed by atoms with Crippen LogP contribution in [0.4, 0.5) is 0 Å². The van der Waals surface area contributed by atoms with Gasteiger partial charge in [0.25, 0.3) is 0 Å². The maximum absolute atomic E-state index is 10.2. The van der Waals surface area contributed by atoms with Gasteiger partial charge in [-0.1, -0.05) is 28.1 Å². The predicted molar refractivity (Wildman–Crippen MR) is 82.3 cm³/mol. The van der Waals surface area contributed by atoms with Crippen molar-refractivity contribution < 1.29 is 5.11 Å². The fourth-order valence-corrected chi connectivity index (χ4v) is 2.86. The van der Waals surface area contributed by atoms with E-state index in [2.05, 4.69) is 39.8 Å². The molecule has 1 heterocycles. The SMILES string of the molecule is CN(C)C1CCN(CCC(O)c2ccc(Br)cc2)C1. The van der Waals surface area contributed by atoms with Gasteiger partial charge in [0.1, 0.15) is 0 Å². The van der Waals surface area contributed by atoms with Gasteiger partial charge in [-0.15, -0.1) is 0 Å². The molecule has 3 nitrogen and oxygen atoms in total. The van der Waals surface area contributed by atoms with Gasteiger partial charge in [0, 0.05) is 23.6 Å². The molecule has 2 rings (SSSR count). The van der Waals surface area contributed by atoms with Crippen LogP contribution in [0.3, 0.4) is 0 Å². The number of aliphatic hydroxyl groups excluding tert-OH is 1. The molecule has 0 aliphatic carbocycles. The Morgan fingerprint density at radius 2 is 2.05 bits per heavy atom. The number of halogens is 1. The normalized spacial score (nSPS) is 22.1. The minimum atomic E-state index is -0.355. The van der Waals surface area contributed by atoms with Crippen molar-refractivity contribution in [3.05, 3.63) is 34.3 Å². The minimum absolute atomic E-state index is 0.355. The first-order valence-corrected chi connectivity index (χ1v) is 7.68. The van der Waals surface area contributed by atoms with E-state index in [1.165, 1.54) is 6.42 Å². The summed E-state index contributed by atoms with van der Waals surface area (Å²) in [5.41, 5.74) is 1.01. The number of aliphatic hydroxyl groups is 1. The van der Waals surface area contributed by atoms with Gasteiger partial charge in [0.05, 0.1) is 6.10 Å². The average Bonchev–Trinajstić information content (AvgIpc) is 2.86. The van der Waals surface area contributed by atoms with E-state index >= 15 is 0 Å². The number of nitrogens with zero attached hydrogens (tertiary/aromatic N) is 2. The summed E-state index contributed by atoms with van der Waals surface area (Å²) in [6.07, 6.45) is 1.69. The Labute approximate surface area is 124 Å². The highest BCUT2D eigenvalue weighted by Gasteiger charge is 2.24. The van der Waals surface area contributed by atoms with E-state index < -0.39 is 0 Å². The molecule has 0 amide bonds. The lowest BCUT2D eigenvalue weighted by Crippen LogP contribution is -2.32. The Kier molecular flexibility index (Phi) is 5.39. The molecular formula is C15H23BrN2O. The summed E-state index contributed by atoms with van der Waals surface area (Å²) in [5.74, 6) is 0. The molecule has 0 aromatic heterocycles. The summed E-state index contributed by atoms with van der Waals surface area (Å²) >= 11 is 3.41. The van der Waals surface area contributed by atoms with Crippen molar-refractivity contribution in [2.24, 2.45) is 0 Å². The number of rotatable bonds is 5. The molecule has 4 heteroatoms. The highest BCUT2D eigenvalue weighted by Crippen LogP contribution is 2.21. The lowest BCUT2D eigenvalue weighted by Gasteiger charge is -2.21. The van der Waals surface area contributed by atoms with Crippen molar-refractivity contribution in [3.8, 4) is 0 Å². The van der Waals surface area contributed by atoms with Gasteiger partial charge in [0.2, 0.25) is 0 Å². The fraction of sp³-hybridized carbons (Fsp3) is 0.600. The lowest BCUT2D eigenvalue weighted by atomic mass is 10.1. The number of likely N-dealkylation sites (N-methyl/N-ethyl adjacent to an activating group) is 1. The molecule has 1 aromatic rings. The Morgan fingerprint density at radius 1 is 1.37 bits per heavy atom. The molecule has 19 heavy (non-hydrogen) atoms. The molecule has 1 saturated heterocycles. The molecule has 2 atom stereocenters. The molecule has 0 spiro atoms. The van der Waals surface area contributed by atoms with Crippen LogP contribution in [-0.2, 0) is 0 Å². The molecule has 1 fully saturated rings. The molecule has 2 unspecified atom stereocenters. The Hall–Kier alpha value is -0.420. The van der Waals surface area contributed by atoms with Crippen molar-refractivity contribution in [2.75, 3.05) is 33.7 Å². The Bertz CT molecular complexity index is 394. The zero-order valence-electron chi connectivity index (χ0n) is 11.7. The van der Waals surface area contributed by atoms with Gasteiger partial charge in [-0.2, -0.15) is 0 Å². The van der Waals surface area contributed by atoms with Crippen molar-refractivity contribution in [3.63, 3.8) is 0 Å². The third-order valence-corrected chi connectivity index (χ3v) is 4.48. The van der Waals surface area contributed by atoms with Crippen molar-refractivity contribution in [1.29, 1.82) is 0 Å². The van der Waals surface area contributed by atoms with Crippen LogP contribution in [0.1, 0.15) is 24.5 Å². The number of hydrogen-bond acceptors (Lipinski definition) is 3. The van der Waals surface area contributed by atoms with Crippen LogP contribution in [-0.4, -0.2) is 54.7 Å². The van der Waals surface area contributed by atoms with Crippen LogP contribution >= 0.6 is 15.9 Å². The van der Waals surface area contributed by atoms with Gasteiger partial charge in [-0.25, -0.2) is 0 Å². The summed E-state index contributed by atoms with van der Waals surface area (Å²) < 4.78 is 1.05. The monoisotopic (exact) mass is 326 g/mol. The van der Waals surface area contributed by atoms with E-state index in [1.807, 2.05) is 24.3 Å². The van der Waals surface area contributed by atoms with Crippen molar-refractivity contribution in [2.45, 2.75) is 25.0 Å². The lowest BCUT2D eigenvalue weighted by molar-refractivity contribution is 0.146. The second kappa shape index (κ2) is 6.84. The predicted octanol–water partition coefficient (Wildman–Crippen LogP) is 2.51. The standard InChI is InChI=1S/C15H23BrN2O/c1-17(2)14-7-9-18(11-14)10-8-15(19)12-3-5-13(16)6-4-12/h3-6,14-15,19H,7-11H2,1-2H3. The zero-order chi connectivity index (χ0) is 13.8. The van der Waals surface area contributed by atoms with E-state index in [4.69, 9.17) is 0 Å². The third kappa shape index (κ3) is 4.28. The quantitative estimate of drug-likeness (QED) is 0.900. The van der Waals surface area contributed by atoms with E-state index in [0.717, 1.165) is 36.1 Å². The average molecular weight is 327 g/mol. The topological polar surface area (TPSA) is 26.7 Å². The summed E-state index contributed by atoms with van der Waals surface area (Å²) in [5, 5.41) is 10.2. The van der Waals surface area contributed by atoms with Gasteiger partial charge in [0.15, 0.2) is 0 Å². The molecule has 0 radical (unpaired) electrons. The summed E-state index contributed by atoms with van der Waals surface area (Å²) in [7, 11) is 4.29. The molecular weight excluding hydrogens is 304 g/mol. The first-order valence-electron chi connectivity index (χ1n) is 6.88. The molecule has 1 N–H and O–H groups in total. The maximum atomic E-state index is 10.2. The Morgan fingerprint density at radius 3 is 2.63 bits per heavy atom. The highest BCUT2D eigenvalue weighted by atomic mass is 79.9. The van der Waals surface area contributed by atoms with E-state index in [-0.39, 0.29) is 6.10 Å². The van der Waals surface area contributed by atoms with Crippen LogP contribution in [0.5, 0.6) is 0 Å². The molecule has 0 bridgehead atoms. The van der Waals surface area contributed by atoms with Gasteiger partial charge in [-0.3, -0.25) is 0 Å². The van der Waals surface area contributed by atoms with Gasteiger partial charge in [-0.05, 0) is 51.2 Å². The van der Waals surface area contributed by atoms with E-state index in [9.17, 15) is 5.11 Å². The largest absolute Gasteiger partial charge is 0.388 e. The molecule has 1 aromatic carbocycles. The number of benzene rings is 1. The van der Waals surface area contributed by atoms with E-state index in [1.54, 1.807) is 0 Å². The van der Waals surface area contributed by atoms with E-state index in [0.29, 0.717) is 6.04 Å². The van der Waals surface area contributed by atoms with Crippen LogP contribution in [0.15, 0.2) is 28.7 Å². The Balaban J connectivity index is 1.78. The van der Waals surface area contributed by atoms with Crippen LogP contribution < -0.4 is 0 Å². The smallest absolute Gasteiger partial charge is 0.0802 e. The van der Waals surface area contributed by atoms with Gasteiger partial charge >= 0.3 is 0 Å². The summed E-state index contributed by atoms with van der Waals surface area (Å²) in [6.45, 7) is 3.25. The molecule has 0 saturated carbocycles. The van der Waals surface area contributed by atoms with Crippen molar-refractivity contribution in [1.82, 2.24) is 9.80 Å². The fourth-order valence-electron chi connectivity index (χ4n) is 2.59. The zero-order valence-corrected chi connectivity index (χ0v) is 13.3. The number of likely N-dealkylation sites (tertiary alicyclic amines) is 1. The second-order valence-corrected chi connectivity index (χ2v) is 6.48. The maximum Gasteiger partial charge on any atom is 0.0802 e. The summed E-state index contributed by atoms with van der Waals surface area (Å²) in [6, 6.07) is 8.61. The van der Waals surface area contributed by atoms with Crippen LogP contribution in [0, 0.1) is 0 Å². The van der Waals surface area contributed by atoms with Gasteiger partial charge < -0.3 is 14.9 Å². The van der Waals surface area contributed by atoms with Crippen LogP contribution in [0.2, 0.25) is 0 Å². The minimum Gasteiger partial charge on any atom is -0.388 e. The molecule has 106 valence electrons. The van der Waals surface area contributed by atoms with Crippen molar-refractivity contribution >= 4 is 15.9 Å². The molecule has 1 aliphatic rings. The summed E-state index contributed by atoms with van der Waals surface area (Å²) in [4.78, 5) is 4.75. The third-order valence-electron chi connectivity index (χ3n) is 3.95. The molecule has 1 aliphatic heterocycles. The number of hydrogen-bond donors (Lipinski definition) is 1. The first-order chi connectivity index (χ1) is 9.06. The van der Waals surface area contributed by atoms with Crippen LogP contribution in [0.25, 0.3) is 0 Å².